The maximum Gasteiger partial charge on any atom is 0.573 e. The van der Waals surface area contributed by atoms with Gasteiger partial charge in [-0.3, -0.25) is 14.8 Å². The summed E-state index contributed by atoms with van der Waals surface area (Å²) in [6, 6.07) is 12.0. The summed E-state index contributed by atoms with van der Waals surface area (Å²) < 4.78 is 40.2. The molecule has 27 heavy (non-hydrogen) atoms. The molecule has 0 aliphatic carbocycles. The minimum atomic E-state index is -4.77. The Balaban J connectivity index is 1.62. The zero-order valence-electron chi connectivity index (χ0n) is 13.9. The lowest BCUT2D eigenvalue weighted by atomic mass is 10.1. The van der Waals surface area contributed by atoms with Gasteiger partial charge in [-0.2, -0.15) is 0 Å². The number of pyridine rings is 2. The van der Waals surface area contributed by atoms with Gasteiger partial charge in [0.1, 0.15) is 5.75 Å². The largest absolute Gasteiger partial charge is 0.573 e. The molecular formula is C19H14F3N3O2. The summed E-state index contributed by atoms with van der Waals surface area (Å²) in [5.41, 5.74) is 2.71. The van der Waals surface area contributed by atoms with E-state index >= 15 is 0 Å². The van der Waals surface area contributed by atoms with Crippen molar-refractivity contribution in [3.63, 3.8) is 0 Å². The molecule has 2 aromatic heterocycles. The van der Waals surface area contributed by atoms with Crippen LogP contribution in [0, 0.1) is 0 Å². The maximum absolute atomic E-state index is 12.2. The summed E-state index contributed by atoms with van der Waals surface area (Å²) in [5, 5.41) is 2.72. The Hall–Kier alpha value is -3.42. The van der Waals surface area contributed by atoms with Crippen molar-refractivity contribution in [2.24, 2.45) is 0 Å². The first-order valence-electron chi connectivity index (χ1n) is 7.90. The smallest absolute Gasteiger partial charge is 0.406 e. The average molecular weight is 373 g/mol. The van der Waals surface area contributed by atoms with E-state index in [0.29, 0.717) is 0 Å². The molecule has 0 unspecified atom stereocenters. The molecule has 0 fully saturated rings. The Kier molecular flexibility index (Phi) is 5.35. The number of amides is 1. The number of hydrogen-bond donors (Lipinski definition) is 1. The number of carbonyl (C=O) groups excluding carboxylic acids is 1. The fraction of sp³-hybridized carbons (Fsp3) is 0.105. The zero-order valence-corrected chi connectivity index (χ0v) is 13.9. The van der Waals surface area contributed by atoms with Crippen molar-refractivity contribution in [1.29, 1.82) is 0 Å². The lowest BCUT2D eigenvalue weighted by molar-refractivity contribution is -0.274. The zero-order chi connectivity index (χ0) is 19.3. The third kappa shape index (κ3) is 5.27. The second-order valence-electron chi connectivity index (χ2n) is 5.54. The van der Waals surface area contributed by atoms with Crippen LogP contribution in [-0.2, 0) is 6.54 Å². The van der Waals surface area contributed by atoms with Crippen LogP contribution in [0.5, 0.6) is 5.75 Å². The lowest BCUT2D eigenvalue weighted by Gasteiger charge is -2.10. The van der Waals surface area contributed by atoms with Crippen LogP contribution < -0.4 is 10.1 Å². The number of nitrogens with one attached hydrogen (secondary N) is 1. The molecule has 0 aliphatic rings. The number of aromatic nitrogens is 2. The second kappa shape index (κ2) is 7.86. The summed E-state index contributed by atoms with van der Waals surface area (Å²) in [5.74, 6) is -0.786. The molecule has 3 rings (SSSR count). The molecule has 1 N–H and O–H groups in total. The van der Waals surface area contributed by atoms with E-state index in [0.717, 1.165) is 29.0 Å². The van der Waals surface area contributed by atoms with Crippen LogP contribution in [0.3, 0.4) is 0 Å². The Morgan fingerprint density at radius 2 is 1.70 bits per heavy atom. The number of alkyl halides is 3. The first-order chi connectivity index (χ1) is 12.9. The van der Waals surface area contributed by atoms with Crippen LogP contribution in [-0.4, -0.2) is 22.2 Å². The van der Waals surface area contributed by atoms with Gasteiger partial charge in [-0.25, -0.2) is 0 Å². The number of carbonyl (C=O) groups is 1. The highest BCUT2D eigenvalue weighted by Gasteiger charge is 2.31. The molecule has 8 heteroatoms. The van der Waals surface area contributed by atoms with E-state index in [-0.39, 0.29) is 17.9 Å². The Morgan fingerprint density at radius 1 is 1.00 bits per heavy atom. The van der Waals surface area contributed by atoms with Crippen molar-refractivity contribution in [3.05, 3.63) is 78.2 Å². The van der Waals surface area contributed by atoms with Crippen molar-refractivity contribution in [3.8, 4) is 17.0 Å². The number of benzene rings is 1. The first kappa shape index (κ1) is 18.4. The summed E-state index contributed by atoms with van der Waals surface area (Å²) in [6.45, 7) is 0.250. The van der Waals surface area contributed by atoms with Gasteiger partial charge in [0.25, 0.3) is 5.91 Å². The number of ether oxygens (including phenoxy) is 1. The molecule has 2 heterocycles. The molecule has 0 aliphatic heterocycles. The Bertz CT molecular complexity index is 913. The summed E-state index contributed by atoms with van der Waals surface area (Å²) in [7, 11) is 0. The second-order valence-corrected chi connectivity index (χ2v) is 5.54. The molecular weight excluding hydrogens is 359 g/mol. The van der Waals surface area contributed by atoms with Gasteiger partial charge in [-0.1, -0.05) is 0 Å². The van der Waals surface area contributed by atoms with Crippen LogP contribution >= 0.6 is 0 Å². The van der Waals surface area contributed by atoms with E-state index in [4.69, 9.17) is 0 Å². The summed E-state index contributed by atoms with van der Waals surface area (Å²) >= 11 is 0. The van der Waals surface area contributed by atoms with Crippen molar-refractivity contribution < 1.29 is 22.7 Å². The molecule has 138 valence electrons. The molecule has 1 aromatic carbocycles. The summed E-state index contributed by atoms with van der Waals surface area (Å²) in [6.07, 6.45) is 0.202. The number of rotatable bonds is 5. The van der Waals surface area contributed by atoms with Crippen LogP contribution in [0.4, 0.5) is 13.2 Å². The lowest BCUT2D eigenvalue weighted by Crippen LogP contribution is -2.23. The third-order valence-corrected chi connectivity index (χ3v) is 3.60. The minimum Gasteiger partial charge on any atom is -0.406 e. The van der Waals surface area contributed by atoms with Gasteiger partial charge in [0, 0.05) is 36.3 Å². The highest BCUT2D eigenvalue weighted by atomic mass is 19.4. The summed E-state index contributed by atoms with van der Waals surface area (Å²) in [4.78, 5) is 20.4. The van der Waals surface area contributed by atoms with E-state index in [2.05, 4.69) is 20.0 Å². The van der Waals surface area contributed by atoms with E-state index < -0.39 is 12.3 Å². The van der Waals surface area contributed by atoms with E-state index in [1.165, 1.54) is 12.1 Å². The van der Waals surface area contributed by atoms with Crippen molar-refractivity contribution in [1.82, 2.24) is 15.3 Å². The Labute approximate surface area is 152 Å². The van der Waals surface area contributed by atoms with E-state index in [9.17, 15) is 18.0 Å². The quantitative estimate of drug-likeness (QED) is 0.735. The topological polar surface area (TPSA) is 64.1 Å². The molecule has 0 spiro atoms. The molecule has 3 aromatic rings. The fourth-order valence-electron chi connectivity index (χ4n) is 2.36. The van der Waals surface area contributed by atoms with E-state index in [1.54, 1.807) is 24.7 Å². The molecule has 0 saturated carbocycles. The third-order valence-electron chi connectivity index (χ3n) is 3.60. The van der Waals surface area contributed by atoms with Crippen molar-refractivity contribution >= 4 is 5.91 Å². The highest BCUT2D eigenvalue weighted by Crippen LogP contribution is 2.22. The number of halogens is 3. The van der Waals surface area contributed by atoms with Crippen LogP contribution in [0.15, 0.2) is 67.1 Å². The minimum absolute atomic E-state index is 0.230. The predicted octanol–water partition coefficient (Wildman–Crippen LogP) is 3.97. The van der Waals surface area contributed by atoms with E-state index in [1.807, 2.05) is 18.2 Å². The molecule has 0 atom stereocenters. The molecule has 5 nitrogen and oxygen atoms in total. The molecule has 0 saturated heterocycles. The van der Waals surface area contributed by atoms with Crippen molar-refractivity contribution in [2.75, 3.05) is 0 Å². The van der Waals surface area contributed by atoms with Crippen LogP contribution in [0.1, 0.15) is 15.9 Å². The molecule has 0 radical (unpaired) electrons. The van der Waals surface area contributed by atoms with Gasteiger partial charge in [0.05, 0.1) is 5.69 Å². The van der Waals surface area contributed by atoms with Crippen LogP contribution in [0.25, 0.3) is 11.3 Å². The normalized spacial score (nSPS) is 11.1. The van der Waals surface area contributed by atoms with Crippen molar-refractivity contribution in [2.45, 2.75) is 12.9 Å². The van der Waals surface area contributed by atoms with Gasteiger partial charge in [0.15, 0.2) is 0 Å². The highest BCUT2D eigenvalue weighted by molar-refractivity contribution is 5.94. The molecule has 0 bridgehead atoms. The van der Waals surface area contributed by atoms with Gasteiger partial charge in [-0.15, -0.1) is 13.2 Å². The fourth-order valence-corrected chi connectivity index (χ4v) is 2.36. The molecule has 1 amide bonds. The number of hydrogen-bond acceptors (Lipinski definition) is 4. The Morgan fingerprint density at radius 3 is 2.37 bits per heavy atom. The monoisotopic (exact) mass is 373 g/mol. The van der Waals surface area contributed by atoms with Gasteiger partial charge in [-0.05, 0) is 54.1 Å². The first-order valence-corrected chi connectivity index (χ1v) is 7.90. The average Bonchev–Trinajstić information content (AvgIpc) is 2.66. The SMILES string of the molecule is O=C(NCc1ccnc(-c2ccncc2)c1)c1ccc(OC(F)(F)F)cc1. The number of nitrogens with zero attached hydrogens (tertiary/aromatic N) is 2. The van der Waals surface area contributed by atoms with Crippen LogP contribution in [0.2, 0.25) is 0 Å². The van der Waals surface area contributed by atoms with Gasteiger partial charge >= 0.3 is 6.36 Å². The predicted molar refractivity (Wildman–Crippen MR) is 91.8 cm³/mol. The van der Waals surface area contributed by atoms with Gasteiger partial charge in [0.2, 0.25) is 0 Å². The van der Waals surface area contributed by atoms with Gasteiger partial charge < -0.3 is 10.1 Å². The standard InChI is InChI=1S/C19H14F3N3O2/c20-19(21,22)27-16-3-1-15(2-4-16)18(26)25-12-13-5-10-24-17(11-13)14-6-8-23-9-7-14/h1-11H,12H2,(H,25,26). The maximum atomic E-state index is 12.2.